The molecule has 6 nitrogen and oxygen atoms in total. The van der Waals surface area contributed by atoms with E-state index in [0.717, 1.165) is 83.5 Å². The molecule has 64 heavy (non-hydrogen) atoms. The van der Waals surface area contributed by atoms with Crippen molar-refractivity contribution in [2.24, 2.45) is 0 Å². The van der Waals surface area contributed by atoms with Gasteiger partial charge < -0.3 is 14.2 Å². The molecule has 0 heterocycles. The molecule has 0 aromatic carbocycles. The van der Waals surface area contributed by atoms with Crippen LogP contribution in [-0.2, 0) is 28.6 Å². The number of rotatable bonds is 51. The van der Waals surface area contributed by atoms with E-state index in [4.69, 9.17) is 14.2 Å². The highest BCUT2D eigenvalue weighted by molar-refractivity contribution is 5.71. The number of esters is 3. The van der Waals surface area contributed by atoms with Crippen LogP contribution in [0.4, 0.5) is 0 Å². The molecule has 0 bridgehead atoms. The summed E-state index contributed by atoms with van der Waals surface area (Å²) in [5, 5.41) is 0. The predicted molar refractivity (Wildman–Crippen MR) is 275 cm³/mol. The largest absolute Gasteiger partial charge is 0.462 e. The van der Waals surface area contributed by atoms with E-state index in [-0.39, 0.29) is 31.1 Å². The first-order valence-corrected chi connectivity index (χ1v) is 28.0. The van der Waals surface area contributed by atoms with Gasteiger partial charge in [0.15, 0.2) is 6.10 Å². The van der Waals surface area contributed by atoms with Crippen molar-refractivity contribution in [1.29, 1.82) is 0 Å². The van der Waals surface area contributed by atoms with Crippen LogP contribution in [0.25, 0.3) is 0 Å². The number of allylic oxidation sites excluding steroid dienone is 6. The van der Waals surface area contributed by atoms with Gasteiger partial charge in [-0.25, -0.2) is 0 Å². The van der Waals surface area contributed by atoms with Crippen LogP contribution < -0.4 is 0 Å². The van der Waals surface area contributed by atoms with E-state index < -0.39 is 6.10 Å². The molecule has 1 unspecified atom stereocenters. The van der Waals surface area contributed by atoms with Crippen LogP contribution in [0.5, 0.6) is 0 Å². The third-order valence-electron chi connectivity index (χ3n) is 12.4. The summed E-state index contributed by atoms with van der Waals surface area (Å²) in [7, 11) is 0. The second-order valence-corrected chi connectivity index (χ2v) is 18.8. The average molecular weight is 899 g/mol. The Bertz CT molecular complexity index is 1080. The molecule has 0 N–H and O–H groups in total. The zero-order valence-corrected chi connectivity index (χ0v) is 42.8. The standard InChI is InChI=1S/C58H106O6/c1-4-7-10-13-16-19-22-25-27-29-31-33-36-39-42-45-48-51-57(60)63-54-55(53-62-56(59)50-47-44-41-38-35-32-24-21-18-15-12-9-6-3)64-58(61)52-49-46-43-40-37-34-30-28-26-23-20-17-14-11-8-5-2/h9,12,18,21,32,35,55H,4-8,10-11,13-17,19-20,22-31,33-34,36-54H2,1-3H3/b12-9-,21-18-,35-32-. The first kappa shape index (κ1) is 61.6. The molecular weight excluding hydrogens is 793 g/mol. The zero-order valence-electron chi connectivity index (χ0n) is 42.8. The molecule has 0 radical (unpaired) electrons. The summed E-state index contributed by atoms with van der Waals surface area (Å²) in [6, 6.07) is 0. The number of hydrogen-bond acceptors (Lipinski definition) is 6. The highest BCUT2D eigenvalue weighted by Gasteiger charge is 2.19. The topological polar surface area (TPSA) is 78.9 Å². The van der Waals surface area contributed by atoms with E-state index in [1.165, 1.54) is 173 Å². The minimum atomic E-state index is -0.779. The van der Waals surface area contributed by atoms with Crippen molar-refractivity contribution in [3.63, 3.8) is 0 Å². The monoisotopic (exact) mass is 899 g/mol. The number of hydrogen-bond donors (Lipinski definition) is 0. The van der Waals surface area contributed by atoms with Gasteiger partial charge in [-0.2, -0.15) is 0 Å². The summed E-state index contributed by atoms with van der Waals surface area (Å²) >= 11 is 0. The Morgan fingerprint density at radius 2 is 0.609 bits per heavy atom. The third kappa shape index (κ3) is 50.6. The molecule has 6 heteroatoms. The molecule has 374 valence electrons. The van der Waals surface area contributed by atoms with Crippen molar-refractivity contribution in [2.45, 2.75) is 303 Å². The summed E-state index contributed by atoms with van der Waals surface area (Å²) < 4.78 is 16.8. The maximum absolute atomic E-state index is 12.8. The van der Waals surface area contributed by atoms with Crippen molar-refractivity contribution in [1.82, 2.24) is 0 Å². The van der Waals surface area contributed by atoms with Crippen molar-refractivity contribution in [2.75, 3.05) is 13.2 Å². The van der Waals surface area contributed by atoms with E-state index in [0.29, 0.717) is 19.3 Å². The quantitative estimate of drug-likeness (QED) is 0.0262. The van der Waals surface area contributed by atoms with Gasteiger partial charge in [0, 0.05) is 19.3 Å². The van der Waals surface area contributed by atoms with E-state index in [1.54, 1.807) is 0 Å². The van der Waals surface area contributed by atoms with Gasteiger partial charge in [-0.3, -0.25) is 14.4 Å². The molecule has 1 atom stereocenters. The predicted octanol–water partition coefficient (Wildman–Crippen LogP) is 18.5. The van der Waals surface area contributed by atoms with E-state index >= 15 is 0 Å². The molecule has 0 fully saturated rings. The van der Waals surface area contributed by atoms with Crippen LogP contribution in [0, 0.1) is 0 Å². The van der Waals surface area contributed by atoms with E-state index in [2.05, 4.69) is 57.2 Å². The lowest BCUT2D eigenvalue weighted by Gasteiger charge is -2.18. The maximum Gasteiger partial charge on any atom is 0.306 e. The summed E-state index contributed by atoms with van der Waals surface area (Å²) in [5.74, 6) is -0.890. The molecule has 0 aliphatic heterocycles. The first-order chi connectivity index (χ1) is 31.5. The average Bonchev–Trinajstić information content (AvgIpc) is 3.29. The van der Waals surface area contributed by atoms with Gasteiger partial charge in [0.25, 0.3) is 0 Å². The highest BCUT2D eigenvalue weighted by Crippen LogP contribution is 2.17. The van der Waals surface area contributed by atoms with Crippen LogP contribution in [0.15, 0.2) is 36.5 Å². The Hall–Kier alpha value is -2.37. The fourth-order valence-electron chi connectivity index (χ4n) is 8.22. The minimum absolute atomic E-state index is 0.0767. The lowest BCUT2D eigenvalue weighted by atomic mass is 10.0. The van der Waals surface area contributed by atoms with Gasteiger partial charge in [0.05, 0.1) is 0 Å². The molecule has 0 saturated heterocycles. The van der Waals surface area contributed by atoms with Gasteiger partial charge in [0.1, 0.15) is 13.2 Å². The Balaban J connectivity index is 4.34. The van der Waals surface area contributed by atoms with Gasteiger partial charge in [-0.1, -0.05) is 263 Å². The van der Waals surface area contributed by atoms with E-state index in [1.807, 2.05) is 0 Å². The van der Waals surface area contributed by atoms with Crippen LogP contribution in [0.2, 0.25) is 0 Å². The van der Waals surface area contributed by atoms with Crippen LogP contribution in [-0.4, -0.2) is 37.2 Å². The Morgan fingerprint density at radius 1 is 0.328 bits per heavy atom. The molecule has 0 aliphatic carbocycles. The van der Waals surface area contributed by atoms with Crippen molar-refractivity contribution in [3.05, 3.63) is 36.5 Å². The lowest BCUT2D eigenvalue weighted by Crippen LogP contribution is -2.30. The first-order valence-electron chi connectivity index (χ1n) is 28.0. The lowest BCUT2D eigenvalue weighted by molar-refractivity contribution is -0.167. The minimum Gasteiger partial charge on any atom is -0.462 e. The molecular formula is C58H106O6. The molecule has 0 rings (SSSR count). The number of unbranched alkanes of at least 4 members (excludes halogenated alkanes) is 34. The van der Waals surface area contributed by atoms with Crippen molar-refractivity contribution in [3.8, 4) is 0 Å². The molecule has 0 spiro atoms. The second kappa shape index (κ2) is 53.2. The Labute approximate surface area is 397 Å². The van der Waals surface area contributed by atoms with Crippen molar-refractivity contribution < 1.29 is 28.6 Å². The fourth-order valence-corrected chi connectivity index (χ4v) is 8.22. The smallest absolute Gasteiger partial charge is 0.306 e. The zero-order chi connectivity index (χ0) is 46.5. The van der Waals surface area contributed by atoms with Gasteiger partial charge >= 0.3 is 17.9 Å². The molecule has 0 saturated carbocycles. The summed E-state index contributed by atoms with van der Waals surface area (Å²) in [6.07, 6.45) is 62.8. The SMILES string of the molecule is CC/C=C\C/C=C\C/C=C\CCCCCC(=O)OCC(COC(=O)CCCCCCCCCCCCCCCCCCC)OC(=O)CCCCCCCCCCCCCCCCCC. The highest BCUT2D eigenvalue weighted by atomic mass is 16.6. The summed E-state index contributed by atoms with van der Waals surface area (Å²) in [6.45, 7) is 6.54. The maximum atomic E-state index is 12.8. The Kier molecular flexibility index (Phi) is 51.3. The summed E-state index contributed by atoms with van der Waals surface area (Å²) in [4.78, 5) is 38.1. The van der Waals surface area contributed by atoms with Crippen LogP contribution >= 0.6 is 0 Å². The normalized spacial score (nSPS) is 12.2. The fraction of sp³-hybridized carbons (Fsp3) is 0.845. The van der Waals surface area contributed by atoms with Gasteiger partial charge in [-0.15, -0.1) is 0 Å². The molecule has 0 aromatic rings. The summed E-state index contributed by atoms with van der Waals surface area (Å²) in [5.41, 5.74) is 0. The van der Waals surface area contributed by atoms with Crippen LogP contribution in [0.3, 0.4) is 0 Å². The van der Waals surface area contributed by atoms with Crippen LogP contribution in [0.1, 0.15) is 297 Å². The van der Waals surface area contributed by atoms with Gasteiger partial charge in [0.2, 0.25) is 0 Å². The second-order valence-electron chi connectivity index (χ2n) is 18.8. The number of carbonyl (C=O) groups is 3. The number of ether oxygens (including phenoxy) is 3. The van der Waals surface area contributed by atoms with Crippen molar-refractivity contribution >= 4 is 17.9 Å². The van der Waals surface area contributed by atoms with E-state index in [9.17, 15) is 14.4 Å². The molecule has 0 aromatic heterocycles. The molecule has 0 aliphatic rings. The van der Waals surface area contributed by atoms with Gasteiger partial charge in [-0.05, 0) is 51.4 Å². The third-order valence-corrected chi connectivity index (χ3v) is 12.4. The molecule has 0 amide bonds. The number of carbonyl (C=O) groups excluding carboxylic acids is 3. The Morgan fingerprint density at radius 3 is 0.953 bits per heavy atom.